The van der Waals surface area contributed by atoms with Crippen molar-refractivity contribution in [3.63, 3.8) is 0 Å². The highest BCUT2D eigenvalue weighted by molar-refractivity contribution is 5.50. The van der Waals surface area contributed by atoms with Gasteiger partial charge in [0.2, 0.25) is 0 Å². The van der Waals surface area contributed by atoms with Crippen molar-refractivity contribution in [1.82, 2.24) is 0 Å². The number of unbranched alkanes of at least 4 members (excludes halogenated alkanes) is 3. The molecule has 0 heterocycles. The van der Waals surface area contributed by atoms with E-state index in [0.29, 0.717) is 5.56 Å². The van der Waals surface area contributed by atoms with Crippen LogP contribution >= 0.6 is 0 Å². The topological polar surface area (TPSA) is 55.2 Å². The highest BCUT2D eigenvalue weighted by Gasteiger charge is 2.01. The zero-order valence-corrected chi connectivity index (χ0v) is 14.9. The van der Waals surface area contributed by atoms with E-state index in [1.165, 1.54) is 37.8 Å². The summed E-state index contributed by atoms with van der Waals surface area (Å²) in [6.45, 7) is 3.20. The second kappa shape index (κ2) is 10.6. The number of nitrogens with zero attached hydrogens (tertiary/aromatic N) is 1. The summed E-state index contributed by atoms with van der Waals surface area (Å²) in [7, 11) is 0. The van der Waals surface area contributed by atoms with Crippen LogP contribution in [-0.2, 0) is 0 Å². The van der Waals surface area contributed by atoms with Crippen molar-refractivity contribution in [3.8, 4) is 23.7 Å². The minimum Gasteiger partial charge on any atom is -0.385 e. The molecule has 4 heteroatoms. The standard InChI is InChI=1S/C22H22N2O2/c1-2-3-4-7-18-23-21-14-10-19(11-15-21)8-5-6-9-20-12-16-22(17-13-20)24(25)26/h10-17,23H,2-4,7,18H2,1H3. The van der Waals surface area contributed by atoms with Crippen LogP contribution < -0.4 is 5.32 Å². The monoisotopic (exact) mass is 346 g/mol. The van der Waals surface area contributed by atoms with Crippen molar-refractivity contribution in [2.45, 2.75) is 32.6 Å². The molecule has 0 aromatic heterocycles. The zero-order valence-electron chi connectivity index (χ0n) is 14.9. The lowest BCUT2D eigenvalue weighted by Crippen LogP contribution is -2.00. The maximum Gasteiger partial charge on any atom is 0.269 e. The molecular weight excluding hydrogens is 324 g/mol. The lowest BCUT2D eigenvalue weighted by Gasteiger charge is -2.05. The van der Waals surface area contributed by atoms with Gasteiger partial charge in [0.25, 0.3) is 5.69 Å². The molecule has 0 unspecified atom stereocenters. The number of nitro benzene ring substituents is 1. The Morgan fingerprint density at radius 2 is 1.46 bits per heavy atom. The summed E-state index contributed by atoms with van der Waals surface area (Å²) in [5.74, 6) is 11.5. The van der Waals surface area contributed by atoms with Crippen molar-refractivity contribution in [2.24, 2.45) is 0 Å². The summed E-state index contributed by atoms with van der Waals surface area (Å²) in [5.41, 5.74) is 2.76. The number of nitrogens with one attached hydrogen (secondary N) is 1. The average Bonchev–Trinajstić information content (AvgIpc) is 2.66. The smallest absolute Gasteiger partial charge is 0.269 e. The molecule has 0 fully saturated rings. The lowest BCUT2D eigenvalue weighted by atomic mass is 10.2. The maximum atomic E-state index is 10.6. The number of rotatable bonds is 7. The largest absolute Gasteiger partial charge is 0.385 e. The number of hydrogen-bond donors (Lipinski definition) is 1. The Bertz CT molecular complexity index is 832. The molecule has 0 amide bonds. The van der Waals surface area contributed by atoms with Crippen LogP contribution in [0, 0.1) is 33.8 Å². The molecule has 2 aromatic carbocycles. The van der Waals surface area contributed by atoms with Gasteiger partial charge in [-0.2, -0.15) is 0 Å². The van der Waals surface area contributed by atoms with Gasteiger partial charge in [0.05, 0.1) is 4.92 Å². The Kier molecular flexibility index (Phi) is 7.77. The number of hydrogen-bond acceptors (Lipinski definition) is 3. The number of anilines is 1. The fraction of sp³-hybridized carbons (Fsp3) is 0.273. The Morgan fingerprint density at radius 3 is 2.00 bits per heavy atom. The molecule has 1 N–H and O–H groups in total. The maximum absolute atomic E-state index is 10.6. The first-order valence-electron chi connectivity index (χ1n) is 8.79. The van der Waals surface area contributed by atoms with Gasteiger partial charge in [0, 0.05) is 35.5 Å². The SMILES string of the molecule is CCCCCCNc1ccc(C#CC#Cc2ccc([N+](=O)[O-])cc2)cc1. The van der Waals surface area contributed by atoms with Gasteiger partial charge in [-0.1, -0.05) is 38.0 Å². The van der Waals surface area contributed by atoms with Gasteiger partial charge in [0.15, 0.2) is 0 Å². The van der Waals surface area contributed by atoms with Crippen LogP contribution in [0.2, 0.25) is 0 Å². The van der Waals surface area contributed by atoms with Crippen LogP contribution in [0.15, 0.2) is 48.5 Å². The van der Waals surface area contributed by atoms with E-state index in [2.05, 4.69) is 35.9 Å². The second-order valence-electron chi connectivity index (χ2n) is 5.87. The first-order valence-corrected chi connectivity index (χ1v) is 8.79. The van der Waals surface area contributed by atoms with Crippen LogP contribution in [-0.4, -0.2) is 11.5 Å². The van der Waals surface area contributed by atoms with Crippen LogP contribution in [0.1, 0.15) is 43.7 Å². The molecule has 0 bridgehead atoms. The molecule has 0 saturated heterocycles. The molecule has 4 nitrogen and oxygen atoms in total. The molecule has 0 saturated carbocycles. The Morgan fingerprint density at radius 1 is 0.885 bits per heavy atom. The van der Waals surface area contributed by atoms with E-state index < -0.39 is 4.92 Å². The van der Waals surface area contributed by atoms with E-state index in [-0.39, 0.29) is 5.69 Å². The van der Waals surface area contributed by atoms with E-state index in [1.807, 2.05) is 24.3 Å². The van der Waals surface area contributed by atoms with Crippen molar-refractivity contribution in [3.05, 3.63) is 69.8 Å². The Labute approximate surface area is 154 Å². The minimum atomic E-state index is -0.430. The van der Waals surface area contributed by atoms with Gasteiger partial charge in [-0.05, 0) is 54.7 Å². The van der Waals surface area contributed by atoms with Gasteiger partial charge in [-0.25, -0.2) is 0 Å². The first-order chi connectivity index (χ1) is 12.7. The van der Waals surface area contributed by atoms with Gasteiger partial charge in [-0.15, -0.1) is 0 Å². The zero-order chi connectivity index (χ0) is 18.6. The molecule has 132 valence electrons. The van der Waals surface area contributed by atoms with E-state index in [1.54, 1.807) is 12.1 Å². The average molecular weight is 346 g/mol. The van der Waals surface area contributed by atoms with Gasteiger partial charge >= 0.3 is 0 Å². The quantitative estimate of drug-likeness (QED) is 0.332. The van der Waals surface area contributed by atoms with Gasteiger partial charge < -0.3 is 5.32 Å². The molecule has 2 rings (SSSR count). The Hall–Kier alpha value is -3.24. The van der Waals surface area contributed by atoms with Crippen LogP contribution in [0.4, 0.5) is 11.4 Å². The van der Waals surface area contributed by atoms with E-state index in [4.69, 9.17) is 0 Å². The third-order valence-electron chi connectivity index (χ3n) is 3.80. The lowest BCUT2D eigenvalue weighted by molar-refractivity contribution is -0.384. The number of nitro groups is 1. The van der Waals surface area contributed by atoms with Crippen molar-refractivity contribution >= 4 is 11.4 Å². The summed E-state index contributed by atoms with van der Waals surface area (Å²) in [5, 5.41) is 14.0. The molecule has 0 spiro atoms. The van der Waals surface area contributed by atoms with E-state index in [0.717, 1.165) is 17.8 Å². The molecule has 0 aliphatic heterocycles. The predicted octanol–water partition coefficient (Wildman–Crippen LogP) is 4.99. The minimum absolute atomic E-state index is 0.0562. The van der Waals surface area contributed by atoms with Crippen molar-refractivity contribution < 1.29 is 4.92 Å². The summed E-state index contributed by atoms with van der Waals surface area (Å²) in [4.78, 5) is 10.2. The second-order valence-corrected chi connectivity index (χ2v) is 5.87. The summed E-state index contributed by atoms with van der Waals surface area (Å²) in [6, 6.07) is 14.1. The molecular formula is C22H22N2O2. The van der Waals surface area contributed by atoms with Crippen molar-refractivity contribution in [1.29, 1.82) is 0 Å². The van der Waals surface area contributed by atoms with E-state index in [9.17, 15) is 10.1 Å². The first kappa shape index (κ1) is 19.1. The molecule has 0 aliphatic carbocycles. The Balaban J connectivity index is 1.85. The van der Waals surface area contributed by atoms with Crippen molar-refractivity contribution in [2.75, 3.05) is 11.9 Å². The summed E-state index contributed by atoms with van der Waals surface area (Å²) < 4.78 is 0. The molecule has 0 atom stereocenters. The highest BCUT2D eigenvalue weighted by atomic mass is 16.6. The molecule has 2 aromatic rings. The van der Waals surface area contributed by atoms with Crippen LogP contribution in [0.5, 0.6) is 0 Å². The fourth-order valence-corrected chi connectivity index (χ4v) is 2.33. The predicted molar refractivity (Wildman–Crippen MR) is 106 cm³/mol. The third-order valence-corrected chi connectivity index (χ3v) is 3.80. The third kappa shape index (κ3) is 6.71. The molecule has 0 radical (unpaired) electrons. The number of non-ortho nitro benzene ring substituents is 1. The van der Waals surface area contributed by atoms with Gasteiger partial charge in [0.1, 0.15) is 0 Å². The normalized spacial score (nSPS) is 9.42. The fourth-order valence-electron chi connectivity index (χ4n) is 2.33. The molecule has 26 heavy (non-hydrogen) atoms. The van der Waals surface area contributed by atoms with E-state index >= 15 is 0 Å². The summed E-state index contributed by atoms with van der Waals surface area (Å²) in [6.07, 6.45) is 4.99. The summed E-state index contributed by atoms with van der Waals surface area (Å²) >= 11 is 0. The number of benzene rings is 2. The molecule has 0 aliphatic rings. The van der Waals surface area contributed by atoms with Crippen LogP contribution in [0.3, 0.4) is 0 Å². The van der Waals surface area contributed by atoms with Gasteiger partial charge in [-0.3, -0.25) is 10.1 Å². The highest BCUT2D eigenvalue weighted by Crippen LogP contribution is 2.11. The van der Waals surface area contributed by atoms with Crippen LogP contribution in [0.25, 0.3) is 0 Å².